The topological polar surface area (TPSA) is 17.1 Å². The Morgan fingerprint density at radius 3 is 2.50 bits per heavy atom. The van der Waals surface area contributed by atoms with Crippen LogP contribution < -0.4 is 0 Å². The molecule has 0 saturated carbocycles. The first-order valence-electron chi connectivity index (χ1n) is 4.46. The van der Waals surface area contributed by atoms with Gasteiger partial charge in [-0.25, -0.2) is 4.21 Å². The molecular formula is C12H8OS. The van der Waals surface area contributed by atoms with Gasteiger partial charge in [0, 0.05) is 5.41 Å². The van der Waals surface area contributed by atoms with Crippen LogP contribution >= 0.6 is 0 Å². The summed E-state index contributed by atoms with van der Waals surface area (Å²) in [5.74, 6) is 0. The summed E-state index contributed by atoms with van der Waals surface area (Å²) >= 11 is 0. The predicted molar refractivity (Wildman–Crippen MR) is 59.4 cm³/mol. The number of rotatable bonds is 0. The first-order chi connectivity index (χ1) is 6.84. The van der Waals surface area contributed by atoms with Gasteiger partial charge in [-0.3, -0.25) is 0 Å². The van der Waals surface area contributed by atoms with Gasteiger partial charge in [-0.05, 0) is 34.5 Å². The van der Waals surface area contributed by atoms with Gasteiger partial charge in [0.2, 0.25) is 0 Å². The Bertz CT molecular complexity index is 570. The molecule has 2 aromatic carbocycles. The maximum atomic E-state index is 11.5. The van der Waals surface area contributed by atoms with E-state index in [1.54, 1.807) is 5.41 Å². The third kappa shape index (κ3) is 1.04. The Labute approximate surface area is 84.5 Å². The van der Waals surface area contributed by atoms with Gasteiger partial charge in [-0.2, -0.15) is 0 Å². The van der Waals surface area contributed by atoms with E-state index in [-0.39, 0.29) is 0 Å². The fourth-order valence-electron chi connectivity index (χ4n) is 1.75. The first-order valence-corrected chi connectivity index (χ1v) is 5.67. The fraction of sp³-hybridized carbons (Fsp3) is 0. The molecule has 1 heterocycles. The zero-order valence-corrected chi connectivity index (χ0v) is 8.25. The minimum absolute atomic E-state index is 0.934. The van der Waals surface area contributed by atoms with Crippen LogP contribution in [-0.4, -0.2) is 4.21 Å². The van der Waals surface area contributed by atoms with Crippen molar-refractivity contribution in [1.29, 1.82) is 0 Å². The maximum Gasteiger partial charge on any atom is 0.0782 e. The SMILES string of the molecule is O=S1C=Cc2cc3ccccc3cc21. The third-order valence-electron chi connectivity index (χ3n) is 2.47. The van der Waals surface area contributed by atoms with Gasteiger partial charge in [0.25, 0.3) is 0 Å². The molecule has 1 atom stereocenters. The second kappa shape index (κ2) is 2.79. The van der Waals surface area contributed by atoms with Crippen LogP contribution in [0.2, 0.25) is 0 Å². The fourth-order valence-corrected chi connectivity index (χ4v) is 2.77. The van der Waals surface area contributed by atoms with Crippen molar-refractivity contribution in [3.05, 3.63) is 47.4 Å². The summed E-state index contributed by atoms with van der Waals surface area (Å²) in [6.45, 7) is 0. The lowest BCUT2D eigenvalue weighted by molar-refractivity contribution is 0.689. The van der Waals surface area contributed by atoms with Gasteiger partial charge < -0.3 is 0 Å². The largest absolute Gasteiger partial charge is 0.250 e. The third-order valence-corrected chi connectivity index (χ3v) is 3.64. The van der Waals surface area contributed by atoms with Crippen LogP contribution in [-0.2, 0) is 10.8 Å². The summed E-state index contributed by atoms with van der Waals surface area (Å²) in [5, 5.41) is 4.10. The Morgan fingerprint density at radius 2 is 1.71 bits per heavy atom. The maximum absolute atomic E-state index is 11.5. The second-order valence-corrected chi connectivity index (χ2v) is 4.64. The molecule has 0 aliphatic carbocycles. The number of fused-ring (bicyclic) bond motifs is 2. The van der Waals surface area contributed by atoms with Gasteiger partial charge >= 0.3 is 0 Å². The molecule has 2 heteroatoms. The van der Waals surface area contributed by atoms with Crippen molar-refractivity contribution in [3.63, 3.8) is 0 Å². The molecular weight excluding hydrogens is 192 g/mol. The lowest BCUT2D eigenvalue weighted by Gasteiger charge is -2.01. The van der Waals surface area contributed by atoms with Crippen molar-refractivity contribution in [2.24, 2.45) is 0 Å². The van der Waals surface area contributed by atoms with Gasteiger partial charge in [0.15, 0.2) is 0 Å². The number of benzene rings is 2. The van der Waals surface area contributed by atoms with Crippen molar-refractivity contribution in [1.82, 2.24) is 0 Å². The highest BCUT2D eigenvalue weighted by Crippen LogP contribution is 2.28. The van der Waals surface area contributed by atoms with E-state index < -0.39 is 10.8 Å². The minimum Gasteiger partial charge on any atom is -0.250 e. The van der Waals surface area contributed by atoms with E-state index in [1.807, 2.05) is 30.3 Å². The van der Waals surface area contributed by atoms with Crippen molar-refractivity contribution in [2.75, 3.05) is 0 Å². The summed E-state index contributed by atoms with van der Waals surface area (Å²) in [7, 11) is -0.934. The Hall–Kier alpha value is -1.41. The normalized spacial score (nSPS) is 18.7. The summed E-state index contributed by atoms with van der Waals surface area (Å²) in [6.07, 6.45) is 1.93. The smallest absolute Gasteiger partial charge is 0.0782 e. The van der Waals surface area contributed by atoms with Gasteiger partial charge in [0.1, 0.15) is 0 Å². The highest BCUT2D eigenvalue weighted by molar-refractivity contribution is 7.88. The van der Waals surface area contributed by atoms with Crippen molar-refractivity contribution in [2.45, 2.75) is 4.90 Å². The lowest BCUT2D eigenvalue weighted by Crippen LogP contribution is -1.84. The highest BCUT2D eigenvalue weighted by atomic mass is 32.2. The Balaban J connectivity index is 2.42. The minimum atomic E-state index is -0.934. The van der Waals surface area contributed by atoms with E-state index in [1.165, 1.54) is 5.39 Å². The van der Waals surface area contributed by atoms with E-state index in [2.05, 4.69) is 12.1 Å². The molecule has 0 amide bonds. The zero-order chi connectivity index (χ0) is 9.54. The number of hydrogen-bond donors (Lipinski definition) is 0. The van der Waals surface area contributed by atoms with Crippen LogP contribution in [0.15, 0.2) is 46.7 Å². The van der Waals surface area contributed by atoms with Crippen molar-refractivity contribution < 1.29 is 4.21 Å². The highest BCUT2D eigenvalue weighted by Gasteiger charge is 2.12. The molecule has 14 heavy (non-hydrogen) atoms. The van der Waals surface area contributed by atoms with Crippen molar-refractivity contribution >= 4 is 27.6 Å². The van der Waals surface area contributed by atoms with Crippen LogP contribution in [0, 0.1) is 0 Å². The summed E-state index contributed by atoms with van der Waals surface area (Å²) < 4.78 is 11.5. The van der Waals surface area contributed by atoms with Gasteiger partial charge in [0.05, 0.1) is 15.7 Å². The molecule has 0 aromatic heterocycles. The molecule has 0 radical (unpaired) electrons. The quantitative estimate of drug-likeness (QED) is 0.639. The van der Waals surface area contributed by atoms with E-state index in [9.17, 15) is 4.21 Å². The second-order valence-electron chi connectivity index (χ2n) is 3.34. The van der Waals surface area contributed by atoms with Crippen LogP contribution in [0.5, 0.6) is 0 Å². The molecule has 0 bridgehead atoms. The molecule has 1 nitrogen and oxygen atoms in total. The summed E-state index contributed by atoms with van der Waals surface area (Å²) in [4.78, 5) is 0.934. The molecule has 3 rings (SSSR count). The average molecular weight is 200 g/mol. The predicted octanol–water partition coefficient (Wildman–Crippen LogP) is 2.93. The standard InChI is InChI=1S/C12H8OS/c13-14-6-5-11-7-9-3-1-2-4-10(9)8-12(11)14/h1-8H. The molecule has 1 aliphatic heterocycles. The van der Waals surface area contributed by atoms with E-state index in [0.717, 1.165) is 15.8 Å². The molecule has 2 aromatic rings. The van der Waals surface area contributed by atoms with Crippen LogP contribution in [0.1, 0.15) is 5.56 Å². The van der Waals surface area contributed by atoms with Crippen LogP contribution in [0.4, 0.5) is 0 Å². The molecule has 0 fully saturated rings. The van der Waals surface area contributed by atoms with Gasteiger partial charge in [-0.1, -0.05) is 24.3 Å². The number of hydrogen-bond acceptors (Lipinski definition) is 1. The van der Waals surface area contributed by atoms with Crippen molar-refractivity contribution in [3.8, 4) is 0 Å². The lowest BCUT2D eigenvalue weighted by atomic mass is 10.1. The molecule has 1 unspecified atom stereocenters. The Kier molecular flexibility index (Phi) is 1.58. The van der Waals surface area contributed by atoms with E-state index >= 15 is 0 Å². The van der Waals surface area contributed by atoms with Crippen LogP contribution in [0.3, 0.4) is 0 Å². The van der Waals surface area contributed by atoms with Gasteiger partial charge in [-0.15, -0.1) is 0 Å². The monoisotopic (exact) mass is 200 g/mol. The molecule has 1 aliphatic rings. The summed E-state index contributed by atoms with van der Waals surface area (Å²) in [5.41, 5.74) is 1.09. The Morgan fingerprint density at radius 1 is 1.00 bits per heavy atom. The first kappa shape index (κ1) is 7.94. The molecule has 68 valence electrons. The molecule has 0 N–H and O–H groups in total. The summed E-state index contributed by atoms with van der Waals surface area (Å²) in [6, 6.07) is 12.2. The van der Waals surface area contributed by atoms with Crippen LogP contribution in [0.25, 0.3) is 16.8 Å². The zero-order valence-electron chi connectivity index (χ0n) is 7.44. The van der Waals surface area contributed by atoms with E-state index in [4.69, 9.17) is 0 Å². The van der Waals surface area contributed by atoms with E-state index in [0.29, 0.717) is 0 Å². The average Bonchev–Trinajstić information content (AvgIpc) is 2.57. The molecule has 0 saturated heterocycles. The molecule has 0 spiro atoms.